The van der Waals surface area contributed by atoms with Crippen LogP contribution in [0.3, 0.4) is 0 Å². The fourth-order valence-electron chi connectivity index (χ4n) is 2.87. The number of benzene rings is 2. The van der Waals surface area contributed by atoms with Gasteiger partial charge in [-0.25, -0.2) is 0 Å². The quantitative estimate of drug-likeness (QED) is 0.591. The molecule has 2 aromatic rings. The maximum absolute atomic E-state index is 13.0. The number of carbonyl (C=O) groups excluding carboxylic acids is 2. The number of carbonyl (C=O) groups is 2. The predicted molar refractivity (Wildman–Crippen MR) is 108 cm³/mol. The van der Waals surface area contributed by atoms with E-state index in [-0.39, 0.29) is 24.1 Å². The van der Waals surface area contributed by atoms with E-state index < -0.39 is 0 Å². The largest absolute Gasteiger partial charge is 0.497 e. The lowest BCUT2D eigenvalue weighted by molar-refractivity contribution is -0.123. The van der Waals surface area contributed by atoms with Gasteiger partial charge in [0.05, 0.1) is 12.8 Å². The summed E-state index contributed by atoms with van der Waals surface area (Å²) >= 11 is 0. The summed E-state index contributed by atoms with van der Waals surface area (Å²) in [6.07, 6.45) is 3.57. The molecule has 2 aromatic carbocycles. The van der Waals surface area contributed by atoms with Crippen molar-refractivity contribution in [2.45, 2.75) is 19.8 Å². The molecule has 28 heavy (non-hydrogen) atoms. The van der Waals surface area contributed by atoms with E-state index in [2.05, 4.69) is 12.2 Å². The highest BCUT2D eigenvalue weighted by Gasteiger charge is 2.31. The first-order chi connectivity index (χ1) is 13.6. The van der Waals surface area contributed by atoms with Crippen LogP contribution in [0.4, 0.5) is 5.69 Å². The van der Waals surface area contributed by atoms with Crippen molar-refractivity contribution in [1.29, 1.82) is 0 Å². The zero-order valence-electron chi connectivity index (χ0n) is 16.1. The third-order valence-corrected chi connectivity index (χ3v) is 4.40. The first-order valence-electron chi connectivity index (χ1n) is 9.33. The van der Waals surface area contributed by atoms with Crippen molar-refractivity contribution in [3.8, 4) is 11.5 Å². The molecule has 0 aliphatic carbocycles. The number of hydrogen-bond donors (Lipinski definition) is 1. The van der Waals surface area contributed by atoms with E-state index >= 15 is 0 Å². The molecule has 3 rings (SSSR count). The van der Waals surface area contributed by atoms with Gasteiger partial charge < -0.3 is 14.8 Å². The average molecular weight is 380 g/mol. The van der Waals surface area contributed by atoms with Crippen LogP contribution < -0.4 is 19.7 Å². The number of unbranched alkanes of at least 4 members (excludes halogenated alkanes) is 1. The second-order valence-corrected chi connectivity index (χ2v) is 6.45. The lowest BCUT2D eigenvalue weighted by Crippen LogP contribution is -2.44. The van der Waals surface area contributed by atoms with E-state index in [4.69, 9.17) is 9.47 Å². The highest BCUT2D eigenvalue weighted by atomic mass is 16.5. The summed E-state index contributed by atoms with van der Waals surface area (Å²) in [6, 6.07) is 14.5. The van der Waals surface area contributed by atoms with E-state index in [0.29, 0.717) is 18.0 Å². The molecule has 1 N–H and O–H groups in total. The number of amides is 2. The van der Waals surface area contributed by atoms with Gasteiger partial charge in [-0.15, -0.1) is 0 Å². The molecular formula is C22H24N2O4. The van der Waals surface area contributed by atoms with E-state index in [0.717, 1.165) is 24.2 Å². The number of anilines is 1. The van der Waals surface area contributed by atoms with Gasteiger partial charge in [-0.3, -0.25) is 14.5 Å². The van der Waals surface area contributed by atoms with Crippen molar-refractivity contribution in [2.24, 2.45) is 0 Å². The Morgan fingerprint density at radius 1 is 1.18 bits per heavy atom. The number of hydrogen-bond acceptors (Lipinski definition) is 4. The minimum atomic E-state index is -0.347. The Morgan fingerprint density at radius 3 is 2.64 bits per heavy atom. The average Bonchev–Trinajstić information content (AvgIpc) is 2.72. The molecule has 0 radical (unpaired) electrons. The maximum atomic E-state index is 13.0. The summed E-state index contributed by atoms with van der Waals surface area (Å²) in [5.74, 6) is 0.907. The van der Waals surface area contributed by atoms with Crippen LogP contribution in [0.5, 0.6) is 11.5 Å². The van der Waals surface area contributed by atoms with Crippen LogP contribution in [-0.2, 0) is 9.59 Å². The Labute approximate surface area is 164 Å². The SMILES string of the molecule is CCCCNC(=O)CN1C(=O)/C(=C/c2ccc(OC)cc2)Oc2ccccc21. The molecule has 0 bridgehead atoms. The first-order valence-corrected chi connectivity index (χ1v) is 9.33. The molecular weight excluding hydrogens is 356 g/mol. The smallest absolute Gasteiger partial charge is 0.294 e. The Morgan fingerprint density at radius 2 is 1.93 bits per heavy atom. The van der Waals surface area contributed by atoms with Crippen LogP contribution in [0.15, 0.2) is 54.3 Å². The lowest BCUT2D eigenvalue weighted by atomic mass is 10.1. The molecule has 6 nitrogen and oxygen atoms in total. The second-order valence-electron chi connectivity index (χ2n) is 6.45. The summed E-state index contributed by atoms with van der Waals surface area (Å²) in [6.45, 7) is 2.61. The molecule has 0 atom stereocenters. The normalized spacial score (nSPS) is 14.4. The van der Waals surface area contributed by atoms with Gasteiger partial charge in [-0.05, 0) is 42.3 Å². The van der Waals surface area contributed by atoms with E-state index in [1.165, 1.54) is 4.90 Å². The molecule has 0 spiro atoms. The molecule has 2 amide bonds. The zero-order chi connectivity index (χ0) is 19.9. The summed E-state index contributed by atoms with van der Waals surface area (Å²) in [5, 5.41) is 2.85. The van der Waals surface area contributed by atoms with Crippen LogP contribution in [0.2, 0.25) is 0 Å². The van der Waals surface area contributed by atoms with Gasteiger partial charge in [0.15, 0.2) is 11.5 Å². The minimum absolute atomic E-state index is 0.0527. The first kappa shape index (κ1) is 19.5. The number of fused-ring (bicyclic) bond motifs is 1. The monoisotopic (exact) mass is 380 g/mol. The lowest BCUT2D eigenvalue weighted by Gasteiger charge is -2.30. The number of nitrogens with zero attached hydrogens (tertiary/aromatic N) is 1. The van der Waals surface area contributed by atoms with Crippen molar-refractivity contribution in [3.05, 3.63) is 59.9 Å². The number of nitrogens with one attached hydrogen (secondary N) is 1. The Hall–Kier alpha value is -3.28. The van der Waals surface area contributed by atoms with Crippen molar-refractivity contribution in [1.82, 2.24) is 5.32 Å². The molecule has 0 saturated heterocycles. The van der Waals surface area contributed by atoms with Gasteiger partial charge in [-0.1, -0.05) is 37.6 Å². The van der Waals surface area contributed by atoms with Gasteiger partial charge in [0.1, 0.15) is 12.3 Å². The topological polar surface area (TPSA) is 67.9 Å². The summed E-state index contributed by atoms with van der Waals surface area (Å²) in [5.41, 5.74) is 1.39. The van der Waals surface area contributed by atoms with Crippen LogP contribution in [0, 0.1) is 0 Å². The van der Waals surface area contributed by atoms with Crippen LogP contribution in [0.25, 0.3) is 6.08 Å². The van der Waals surface area contributed by atoms with E-state index in [1.807, 2.05) is 36.4 Å². The minimum Gasteiger partial charge on any atom is -0.497 e. The highest BCUT2D eigenvalue weighted by molar-refractivity contribution is 6.12. The van der Waals surface area contributed by atoms with Crippen LogP contribution >= 0.6 is 0 Å². The maximum Gasteiger partial charge on any atom is 0.294 e. The number of ether oxygens (including phenoxy) is 2. The van der Waals surface area contributed by atoms with Gasteiger partial charge in [0, 0.05) is 6.54 Å². The van der Waals surface area contributed by atoms with E-state index in [9.17, 15) is 9.59 Å². The highest BCUT2D eigenvalue weighted by Crippen LogP contribution is 2.35. The Balaban J connectivity index is 1.85. The molecule has 0 unspecified atom stereocenters. The van der Waals surface area contributed by atoms with Crippen molar-refractivity contribution >= 4 is 23.6 Å². The standard InChI is InChI=1S/C22H24N2O4/c1-3-4-13-23-21(25)15-24-18-7-5-6-8-19(18)28-20(22(24)26)14-16-9-11-17(27-2)12-10-16/h5-12,14H,3-4,13,15H2,1-2H3,(H,23,25)/b20-14-. The fraction of sp³-hybridized carbons (Fsp3) is 0.273. The summed E-state index contributed by atoms with van der Waals surface area (Å²) < 4.78 is 11.0. The van der Waals surface area contributed by atoms with Gasteiger partial charge in [-0.2, -0.15) is 0 Å². The summed E-state index contributed by atoms with van der Waals surface area (Å²) in [4.78, 5) is 26.8. The van der Waals surface area contributed by atoms with Crippen LogP contribution in [-0.4, -0.2) is 32.0 Å². The zero-order valence-corrected chi connectivity index (χ0v) is 16.1. The summed E-state index contributed by atoms with van der Waals surface area (Å²) in [7, 11) is 1.60. The molecule has 1 heterocycles. The molecule has 0 saturated carbocycles. The van der Waals surface area contributed by atoms with E-state index in [1.54, 1.807) is 25.3 Å². The van der Waals surface area contributed by atoms with Gasteiger partial charge >= 0.3 is 0 Å². The predicted octanol–water partition coefficient (Wildman–Crippen LogP) is 3.38. The molecule has 0 fully saturated rings. The van der Waals surface area contributed by atoms with Crippen molar-refractivity contribution in [3.63, 3.8) is 0 Å². The van der Waals surface area contributed by atoms with Crippen LogP contribution in [0.1, 0.15) is 25.3 Å². The fourth-order valence-corrected chi connectivity index (χ4v) is 2.87. The number of methoxy groups -OCH3 is 1. The van der Waals surface area contributed by atoms with Crippen molar-refractivity contribution in [2.75, 3.05) is 25.1 Å². The molecule has 0 aromatic heterocycles. The van der Waals surface area contributed by atoms with Gasteiger partial charge in [0.2, 0.25) is 5.91 Å². The van der Waals surface area contributed by atoms with Crippen molar-refractivity contribution < 1.29 is 19.1 Å². The molecule has 1 aliphatic heterocycles. The Bertz CT molecular complexity index is 874. The Kier molecular flexibility index (Phi) is 6.32. The molecule has 6 heteroatoms. The third kappa shape index (κ3) is 4.52. The number of para-hydroxylation sites is 2. The third-order valence-electron chi connectivity index (χ3n) is 4.40. The van der Waals surface area contributed by atoms with Gasteiger partial charge in [0.25, 0.3) is 5.91 Å². The molecule has 146 valence electrons. The molecule has 1 aliphatic rings. The number of rotatable bonds is 7. The second kappa shape index (κ2) is 9.08.